The molecule has 5 nitrogen and oxygen atoms in total. The Morgan fingerprint density at radius 3 is 2.42 bits per heavy atom. The summed E-state index contributed by atoms with van der Waals surface area (Å²) in [5, 5.41) is 10.5. The Kier molecular flexibility index (Phi) is 4.10. The fraction of sp³-hybridized carbons (Fsp3) is 0.0500. The Balaban J connectivity index is 1.84. The molecule has 1 fully saturated rings. The molecule has 0 atom stereocenters. The van der Waals surface area contributed by atoms with Crippen molar-refractivity contribution >= 4 is 29.3 Å². The van der Waals surface area contributed by atoms with Gasteiger partial charge in [-0.2, -0.15) is 5.10 Å². The van der Waals surface area contributed by atoms with E-state index in [2.05, 4.69) is 10.6 Å². The van der Waals surface area contributed by atoms with Gasteiger partial charge in [0.05, 0.1) is 5.69 Å². The van der Waals surface area contributed by atoms with Gasteiger partial charge >= 0.3 is 0 Å². The van der Waals surface area contributed by atoms with Crippen LogP contribution < -0.4 is 10.6 Å². The third-order valence-electron chi connectivity index (χ3n) is 4.11. The molecule has 0 bridgehead atoms. The summed E-state index contributed by atoms with van der Waals surface area (Å²) in [6.07, 6.45) is 3.68. The van der Waals surface area contributed by atoms with Crippen LogP contribution in [0.1, 0.15) is 11.1 Å². The van der Waals surface area contributed by atoms with Gasteiger partial charge in [-0.25, -0.2) is 4.68 Å². The van der Waals surface area contributed by atoms with Crippen LogP contribution in [0.4, 0.5) is 0 Å². The van der Waals surface area contributed by atoms with Gasteiger partial charge in [-0.05, 0) is 37.4 Å². The summed E-state index contributed by atoms with van der Waals surface area (Å²) in [5.41, 5.74) is 5.16. The minimum Gasteiger partial charge on any atom is -0.328 e. The van der Waals surface area contributed by atoms with E-state index >= 15 is 0 Å². The van der Waals surface area contributed by atoms with Crippen molar-refractivity contribution in [2.24, 2.45) is 0 Å². The maximum Gasteiger partial charge on any atom is 0.273 e. The largest absolute Gasteiger partial charge is 0.328 e. The van der Waals surface area contributed by atoms with Gasteiger partial charge in [-0.1, -0.05) is 48.0 Å². The van der Waals surface area contributed by atoms with Crippen molar-refractivity contribution in [1.82, 2.24) is 20.4 Å². The van der Waals surface area contributed by atoms with E-state index in [0.717, 1.165) is 22.5 Å². The van der Waals surface area contributed by atoms with Crippen LogP contribution >= 0.6 is 12.2 Å². The van der Waals surface area contributed by atoms with Crippen LogP contribution in [0.3, 0.4) is 0 Å². The lowest BCUT2D eigenvalue weighted by molar-refractivity contribution is -0.115. The van der Waals surface area contributed by atoms with Crippen molar-refractivity contribution < 1.29 is 4.79 Å². The number of carbonyl (C=O) groups excluding carboxylic acids is 1. The highest BCUT2D eigenvalue weighted by Gasteiger charge is 2.21. The molecule has 26 heavy (non-hydrogen) atoms. The van der Waals surface area contributed by atoms with Crippen LogP contribution in [0, 0.1) is 6.92 Å². The fourth-order valence-corrected chi connectivity index (χ4v) is 2.98. The summed E-state index contributed by atoms with van der Waals surface area (Å²) in [5.74, 6) is -0.239. The topological polar surface area (TPSA) is 59.0 Å². The van der Waals surface area contributed by atoms with Crippen molar-refractivity contribution in [3.63, 3.8) is 0 Å². The third-order valence-corrected chi connectivity index (χ3v) is 4.31. The summed E-state index contributed by atoms with van der Waals surface area (Å²) in [6, 6.07) is 18.0. The number of para-hydroxylation sites is 1. The predicted molar refractivity (Wildman–Crippen MR) is 106 cm³/mol. The number of nitrogens with one attached hydrogen (secondary N) is 2. The highest BCUT2D eigenvalue weighted by atomic mass is 32.1. The van der Waals surface area contributed by atoms with Gasteiger partial charge < -0.3 is 5.32 Å². The quantitative estimate of drug-likeness (QED) is 0.556. The van der Waals surface area contributed by atoms with Crippen LogP contribution in [0.15, 0.2) is 66.5 Å². The van der Waals surface area contributed by atoms with Crippen LogP contribution in [-0.2, 0) is 4.79 Å². The maximum atomic E-state index is 12.0. The molecule has 2 heterocycles. The molecule has 2 aromatic carbocycles. The van der Waals surface area contributed by atoms with Crippen molar-refractivity contribution in [2.45, 2.75) is 6.92 Å². The van der Waals surface area contributed by atoms with E-state index in [4.69, 9.17) is 17.3 Å². The highest BCUT2D eigenvalue weighted by molar-refractivity contribution is 7.80. The van der Waals surface area contributed by atoms with Gasteiger partial charge in [-0.15, -0.1) is 0 Å². The van der Waals surface area contributed by atoms with E-state index in [1.807, 2.05) is 72.4 Å². The second-order valence-corrected chi connectivity index (χ2v) is 6.45. The minimum absolute atomic E-state index is 0.239. The molecule has 1 amide bonds. The molecule has 128 valence electrons. The zero-order valence-corrected chi connectivity index (χ0v) is 14.9. The van der Waals surface area contributed by atoms with Crippen molar-refractivity contribution in [3.05, 3.63) is 77.6 Å². The first-order chi connectivity index (χ1) is 12.6. The minimum atomic E-state index is -0.239. The van der Waals surface area contributed by atoms with E-state index < -0.39 is 0 Å². The first-order valence-electron chi connectivity index (χ1n) is 8.16. The lowest BCUT2D eigenvalue weighted by Crippen LogP contribution is -2.21. The molecule has 1 aliphatic rings. The summed E-state index contributed by atoms with van der Waals surface area (Å²) in [6.45, 7) is 2.04. The zero-order valence-electron chi connectivity index (χ0n) is 14.1. The SMILES string of the molecule is Cc1ccc(-c2nn(-c3ccccc3)cc2/C=C2\NC(=S)NC2=O)cc1. The van der Waals surface area contributed by atoms with Gasteiger partial charge in [0.25, 0.3) is 5.91 Å². The Morgan fingerprint density at radius 1 is 1.04 bits per heavy atom. The van der Waals surface area contributed by atoms with Crippen LogP contribution in [0.25, 0.3) is 23.0 Å². The third kappa shape index (κ3) is 3.14. The van der Waals surface area contributed by atoms with Crippen LogP contribution in [0.5, 0.6) is 0 Å². The van der Waals surface area contributed by atoms with Crippen LogP contribution in [-0.4, -0.2) is 20.8 Å². The Morgan fingerprint density at radius 2 is 1.77 bits per heavy atom. The van der Waals surface area contributed by atoms with Crippen molar-refractivity contribution in [2.75, 3.05) is 0 Å². The lowest BCUT2D eigenvalue weighted by atomic mass is 10.1. The number of carbonyl (C=O) groups is 1. The molecule has 1 saturated heterocycles. The predicted octanol–water partition coefficient (Wildman–Crippen LogP) is 3.19. The molecule has 0 spiro atoms. The monoisotopic (exact) mass is 360 g/mol. The molecule has 2 N–H and O–H groups in total. The smallest absolute Gasteiger partial charge is 0.273 e. The standard InChI is InChI=1S/C20H16N4OS/c1-13-7-9-14(10-8-13)18-15(11-17-19(25)22-20(26)21-17)12-24(23-18)16-5-3-2-4-6-16/h2-12H,1H3,(H2,21,22,25,26)/b17-11-. The van der Waals surface area contributed by atoms with Gasteiger partial charge in [-0.3, -0.25) is 10.1 Å². The number of hydrogen-bond acceptors (Lipinski definition) is 3. The number of thiocarbonyl (C=S) groups is 1. The first kappa shape index (κ1) is 16.2. The number of hydrogen-bond donors (Lipinski definition) is 2. The molecule has 0 unspecified atom stereocenters. The number of rotatable bonds is 3. The Labute approximate surface area is 156 Å². The fourth-order valence-electron chi connectivity index (χ4n) is 2.78. The molecule has 6 heteroatoms. The maximum absolute atomic E-state index is 12.0. The average molecular weight is 360 g/mol. The van der Waals surface area contributed by atoms with E-state index in [0.29, 0.717) is 10.8 Å². The van der Waals surface area contributed by atoms with Gasteiger partial charge in [0.1, 0.15) is 11.4 Å². The van der Waals surface area contributed by atoms with E-state index in [9.17, 15) is 4.79 Å². The lowest BCUT2D eigenvalue weighted by Gasteiger charge is -2.01. The Hall–Kier alpha value is -3.25. The molecule has 0 aliphatic carbocycles. The number of aromatic nitrogens is 2. The van der Waals surface area contributed by atoms with Gasteiger partial charge in [0.15, 0.2) is 5.11 Å². The van der Waals surface area contributed by atoms with E-state index in [-0.39, 0.29) is 5.91 Å². The molecule has 1 aliphatic heterocycles. The first-order valence-corrected chi connectivity index (χ1v) is 8.57. The molecule has 0 saturated carbocycles. The number of benzene rings is 2. The molecule has 0 radical (unpaired) electrons. The number of aryl methyl sites for hydroxylation is 1. The zero-order chi connectivity index (χ0) is 18.1. The molecule has 4 rings (SSSR count). The van der Waals surface area contributed by atoms with Crippen LogP contribution in [0.2, 0.25) is 0 Å². The molecule has 1 aromatic heterocycles. The molecule has 3 aromatic rings. The van der Waals surface area contributed by atoms with E-state index in [1.165, 1.54) is 5.56 Å². The van der Waals surface area contributed by atoms with Crippen molar-refractivity contribution in [3.8, 4) is 16.9 Å². The summed E-state index contributed by atoms with van der Waals surface area (Å²) >= 11 is 5.01. The average Bonchev–Trinajstić information content (AvgIpc) is 3.20. The number of amides is 1. The molecular weight excluding hydrogens is 344 g/mol. The summed E-state index contributed by atoms with van der Waals surface area (Å²) in [4.78, 5) is 12.0. The normalized spacial score (nSPS) is 15.2. The highest BCUT2D eigenvalue weighted by Crippen LogP contribution is 2.26. The summed E-state index contributed by atoms with van der Waals surface area (Å²) in [7, 11) is 0. The van der Waals surface area contributed by atoms with Gasteiger partial charge in [0.2, 0.25) is 0 Å². The van der Waals surface area contributed by atoms with Crippen molar-refractivity contribution in [1.29, 1.82) is 0 Å². The second-order valence-electron chi connectivity index (χ2n) is 6.05. The Bertz CT molecular complexity index is 1020. The van der Waals surface area contributed by atoms with Gasteiger partial charge in [0, 0.05) is 17.3 Å². The molecular formula is C20H16N4OS. The summed E-state index contributed by atoms with van der Waals surface area (Å²) < 4.78 is 1.81. The number of nitrogens with zero attached hydrogens (tertiary/aromatic N) is 2. The van der Waals surface area contributed by atoms with E-state index in [1.54, 1.807) is 6.08 Å². The second kappa shape index (κ2) is 6.57.